The average Bonchev–Trinajstić information content (AvgIpc) is 3.61. The minimum absolute atomic E-state index is 0.0257. The number of methoxy groups -OCH3 is 1. The maximum absolute atomic E-state index is 12.8. The second-order valence-electron chi connectivity index (χ2n) is 9.05. The lowest BCUT2D eigenvalue weighted by atomic mass is 10.1. The van der Waals surface area contributed by atoms with Gasteiger partial charge in [-0.25, -0.2) is 14.4 Å². The highest BCUT2D eigenvalue weighted by Gasteiger charge is 2.48. The van der Waals surface area contributed by atoms with Gasteiger partial charge in [0.05, 0.1) is 24.1 Å². The van der Waals surface area contributed by atoms with Crippen molar-refractivity contribution >= 4 is 23.0 Å². The number of fused-ring (bicyclic) bond motifs is 1. The van der Waals surface area contributed by atoms with Crippen LogP contribution in [0.25, 0.3) is 11.0 Å². The van der Waals surface area contributed by atoms with Crippen LogP contribution in [0.15, 0.2) is 22.8 Å². The Labute approximate surface area is 231 Å². The molecule has 228 valence electrons. The van der Waals surface area contributed by atoms with Crippen molar-refractivity contribution in [1.82, 2.24) is 35.8 Å². The summed E-state index contributed by atoms with van der Waals surface area (Å²) in [6.07, 6.45) is -8.76. The molecule has 17 heteroatoms. The van der Waals surface area contributed by atoms with E-state index in [1.807, 2.05) is 19.2 Å². The van der Waals surface area contributed by atoms with Gasteiger partial charge in [0, 0.05) is 13.7 Å². The first kappa shape index (κ1) is 33.3. The quantitative estimate of drug-likeness (QED) is 0.353. The number of aromatic amines is 1. The number of halogens is 6. The van der Waals surface area contributed by atoms with E-state index in [1.165, 1.54) is 0 Å². The zero-order valence-electron chi connectivity index (χ0n) is 23.1. The van der Waals surface area contributed by atoms with Gasteiger partial charge in [-0.1, -0.05) is 25.1 Å². The number of carbonyl (C=O) groups is 2. The van der Waals surface area contributed by atoms with E-state index in [2.05, 4.69) is 35.0 Å². The number of hydrogen-bond donors (Lipinski definition) is 3. The van der Waals surface area contributed by atoms with Gasteiger partial charge >= 0.3 is 18.4 Å². The van der Waals surface area contributed by atoms with Crippen LogP contribution in [0.4, 0.5) is 31.1 Å². The number of aryl methyl sites for hydroxylation is 1. The number of nitrogens with zero attached hydrogens (tertiary/aromatic N) is 4. The highest BCUT2D eigenvalue weighted by molar-refractivity contribution is 5.92. The predicted octanol–water partition coefficient (Wildman–Crippen LogP) is 4.64. The van der Waals surface area contributed by atoms with E-state index in [-0.39, 0.29) is 18.8 Å². The standard InChI is InChI=1S/C17H16F3N7O3.C5H9F3O.C2H6/c1-8-14(26-30-25-8)15(28)21-5-13-22-10-3-2-9(4-11(10)23-13)6-27-7-12(17(18,19)20)24-16(27)29;1-4(2,9-3)5(6,7)8;1-2/h2-4,12H,5-7H2,1H3,(H,21,28)(H,22,23)(H,24,29);1-3H3;1-2H3. The lowest BCUT2D eigenvalue weighted by Gasteiger charge is -2.25. The fraction of sp³-hybridized carbons (Fsp3) is 0.542. The van der Waals surface area contributed by atoms with Crippen LogP contribution in [-0.2, 0) is 17.8 Å². The number of ether oxygens (including phenoxy) is 1. The van der Waals surface area contributed by atoms with Crippen LogP contribution in [0, 0.1) is 6.92 Å². The number of urea groups is 1. The molecule has 3 amide bonds. The Kier molecular flexibility index (Phi) is 10.7. The summed E-state index contributed by atoms with van der Waals surface area (Å²) in [7, 11) is 1.04. The van der Waals surface area contributed by atoms with E-state index in [0.29, 0.717) is 28.1 Å². The Bertz CT molecular complexity index is 1320. The first-order valence-corrected chi connectivity index (χ1v) is 12.3. The maximum atomic E-state index is 12.8. The van der Waals surface area contributed by atoms with Crippen LogP contribution in [0.5, 0.6) is 0 Å². The van der Waals surface area contributed by atoms with Crippen molar-refractivity contribution in [3.05, 3.63) is 41.0 Å². The number of imidazole rings is 1. The van der Waals surface area contributed by atoms with Gasteiger partial charge in [-0.15, -0.1) is 0 Å². The molecule has 1 aliphatic heterocycles. The molecule has 1 atom stereocenters. The minimum Gasteiger partial charge on any atom is -0.369 e. The number of aromatic nitrogens is 4. The van der Waals surface area contributed by atoms with E-state index >= 15 is 0 Å². The molecule has 11 nitrogen and oxygen atoms in total. The smallest absolute Gasteiger partial charge is 0.369 e. The highest BCUT2D eigenvalue weighted by atomic mass is 19.4. The summed E-state index contributed by atoms with van der Waals surface area (Å²) in [5.41, 5.74) is 0.302. The van der Waals surface area contributed by atoms with Crippen LogP contribution in [0.1, 0.15) is 55.3 Å². The molecule has 3 N–H and O–H groups in total. The van der Waals surface area contributed by atoms with E-state index < -0.39 is 42.5 Å². The van der Waals surface area contributed by atoms with Crippen molar-refractivity contribution in [3.8, 4) is 0 Å². The molecule has 1 saturated heterocycles. The number of rotatable bonds is 6. The van der Waals surface area contributed by atoms with Gasteiger partial charge in [0.25, 0.3) is 5.91 Å². The molecule has 3 aromatic rings. The number of alkyl halides is 6. The largest absolute Gasteiger partial charge is 0.416 e. The monoisotopic (exact) mass is 595 g/mol. The second-order valence-corrected chi connectivity index (χ2v) is 9.05. The molecule has 0 spiro atoms. The summed E-state index contributed by atoms with van der Waals surface area (Å²) < 4.78 is 82.2. The summed E-state index contributed by atoms with van der Waals surface area (Å²) in [6, 6.07) is 2.44. The summed E-state index contributed by atoms with van der Waals surface area (Å²) in [5.74, 6) is 0.00909. The van der Waals surface area contributed by atoms with E-state index in [4.69, 9.17) is 0 Å². The van der Waals surface area contributed by atoms with Crippen LogP contribution >= 0.6 is 0 Å². The fourth-order valence-corrected chi connectivity index (χ4v) is 3.22. The van der Waals surface area contributed by atoms with E-state index in [0.717, 1.165) is 25.9 Å². The number of nitrogens with one attached hydrogen (secondary N) is 3. The summed E-state index contributed by atoms with van der Waals surface area (Å²) in [4.78, 5) is 32.4. The molecule has 1 unspecified atom stereocenters. The van der Waals surface area contributed by atoms with Gasteiger partial charge in [-0.05, 0) is 43.6 Å². The predicted molar refractivity (Wildman–Crippen MR) is 134 cm³/mol. The summed E-state index contributed by atoms with van der Waals surface area (Å²) in [5, 5.41) is 11.6. The zero-order valence-corrected chi connectivity index (χ0v) is 23.1. The number of H-pyrrole nitrogens is 1. The van der Waals surface area contributed by atoms with Crippen molar-refractivity contribution in [2.75, 3.05) is 13.7 Å². The number of hydrogen-bond acceptors (Lipinski definition) is 7. The van der Waals surface area contributed by atoms with Crippen LogP contribution in [0.2, 0.25) is 0 Å². The van der Waals surface area contributed by atoms with Crippen LogP contribution in [0.3, 0.4) is 0 Å². The van der Waals surface area contributed by atoms with Crippen molar-refractivity contribution in [3.63, 3.8) is 0 Å². The molecule has 0 aliphatic carbocycles. The van der Waals surface area contributed by atoms with Gasteiger partial charge in [-0.2, -0.15) is 26.3 Å². The Morgan fingerprint density at radius 1 is 1.17 bits per heavy atom. The molecular formula is C24H31F6N7O4. The fourth-order valence-electron chi connectivity index (χ4n) is 3.22. The first-order chi connectivity index (χ1) is 19.0. The maximum Gasteiger partial charge on any atom is 0.416 e. The Morgan fingerprint density at radius 2 is 1.83 bits per heavy atom. The Hall–Kier alpha value is -3.89. The van der Waals surface area contributed by atoms with Gasteiger partial charge < -0.3 is 25.3 Å². The second kappa shape index (κ2) is 13.2. The Balaban J connectivity index is 0.000000459. The van der Waals surface area contributed by atoms with Crippen molar-refractivity contribution in [2.24, 2.45) is 0 Å². The van der Waals surface area contributed by atoms with Gasteiger partial charge in [0.2, 0.25) is 0 Å². The first-order valence-electron chi connectivity index (χ1n) is 12.3. The molecule has 0 saturated carbocycles. The van der Waals surface area contributed by atoms with Crippen LogP contribution in [-0.4, -0.2) is 74.8 Å². The van der Waals surface area contributed by atoms with E-state index in [9.17, 15) is 35.9 Å². The van der Waals surface area contributed by atoms with Gasteiger partial charge in [0.15, 0.2) is 11.3 Å². The normalized spacial score (nSPS) is 15.6. The minimum atomic E-state index is -4.49. The third kappa shape index (κ3) is 8.55. The molecule has 0 radical (unpaired) electrons. The van der Waals surface area contributed by atoms with E-state index in [1.54, 1.807) is 25.1 Å². The molecule has 2 aromatic heterocycles. The zero-order chi connectivity index (χ0) is 31.2. The average molecular weight is 596 g/mol. The Morgan fingerprint density at radius 3 is 2.32 bits per heavy atom. The lowest BCUT2D eigenvalue weighted by molar-refractivity contribution is -0.255. The lowest BCUT2D eigenvalue weighted by Crippen LogP contribution is -2.40. The third-order valence-corrected chi connectivity index (χ3v) is 5.83. The molecule has 3 heterocycles. The van der Waals surface area contributed by atoms with Gasteiger partial charge in [0.1, 0.15) is 17.6 Å². The number of amides is 3. The molecule has 1 aliphatic rings. The van der Waals surface area contributed by atoms with Crippen molar-refractivity contribution < 1.29 is 45.3 Å². The number of carbonyl (C=O) groups excluding carboxylic acids is 2. The molecule has 1 fully saturated rings. The summed E-state index contributed by atoms with van der Waals surface area (Å²) >= 11 is 0. The topological polar surface area (TPSA) is 138 Å². The third-order valence-electron chi connectivity index (χ3n) is 5.83. The molecule has 1 aromatic carbocycles. The SMILES string of the molecule is CC.COC(C)(C)C(F)(F)F.Cc1nonc1C(=O)NCc1nc2ccc(CN3CC(C(F)(F)F)NC3=O)cc2[nH]1. The molecular weight excluding hydrogens is 564 g/mol. The number of benzene rings is 1. The molecule has 41 heavy (non-hydrogen) atoms. The van der Waals surface area contributed by atoms with Crippen molar-refractivity contribution in [2.45, 2.75) is 71.7 Å². The summed E-state index contributed by atoms with van der Waals surface area (Å²) in [6.45, 7) is 7.22. The molecule has 0 bridgehead atoms. The van der Waals surface area contributed by atoms with Gasteiger partial charge in [-0.3, -0.25) is 4.79 Å². The highest BCUT2D eigenvalue weighted by Crippen LogP contribution is 2.31. The van der Waals surface area contributed by atoms with Crippen LogP contribution < -0.4 is 10.6 Å². The molecule has 4 rings (SSSR count). The van der Waals surface area contributed by atoms with Crippen molar-refractivity contribution in [1.29, 1.82) is 0 Å².